The van der Waals surface area contributed by atoms with Gasteiger partial charge in [0.05, 0.1) is 26.8 Å². The summed E-state index contributed by atoms with van der Waals surface area (Å²) in [5, 5.41) is 10.7. The van der Waals surface area contributed by atoms with E-state index in [1.54, 1.807) is 12.1 Å². The first kappa shape index (κ1) is 22.3. The average molecular weight is 485 g/mol. The van der Waals surface area contributed by atoms with E-state index in [4.69, 9.17) is 11.8 Å². The van der Waals surface area contributed by atoms with Gasteiger partial charge in [0.25, 0.3) is 0 Å². The van der Waals surface area contributed by atoms with Gasteiger partial charge in [0.2, 0.25) is 0 Å². The third-order valence-electron chi connectivity index (χ3n) is 6.54. The minimum atomic E-state index is -2.30. The normalized spacial score (nSPS) is 23.1. The summed E-state index contributed by atoms with van der Waals surface area (Å²) in [6, 6.07) is 23.9. The Morgan fingerprint density at radius 2 is 1.47 bits per heavy atom. The van der Waals surface area contributed by atoms with E-state index in [9.17, 15) is 4.39 Å². The predicted molar refractivity (Wildman–Crippen MR) is 140 cm³/mol. The summed E-state index contributed by atoms with van der Waals surface area (Å²) in [6.07, 6.45) is 5.39. The smallest absolute Gasteiger partial charge is 0.123 e. The maximum absolute atomic E-state index is 14.5. The quantitative estimate of drug-likeness (QED) is 0.525. The Morgan fingerprint density at radius 3 is 2.06 bits per heavy atom. The van der Waals surface area contributed by atoms with Crippen molar-refractivity contribution in [3.8, 4) is 0 Å². The maximum atomic E-state index is 14.5. The molecule has 5 rings (SSSR count). The number of nitrogens with zero attached hydrogens (tertiary/aromatic N) is 1. The highest BCUT2D eigenvalue weighted by molar-refractivity contribution is 8.25. The van der Waals surface area contributed by atoms with Gasteiger partial charge in [-0.25, -0.2) is 9.29 Å². The Labute approximate surface area is 195 Å². The third-order valence-corrected chi connectivity index (χ3v) is 15.5. The van der Waals surface area contributed by atoms with Crippen molar-refractivity contribution in [2.75, 3.05) is 38.4 Å². The first-order valence-electron chi connectivity index (χ1n) is 11.1. The van der Waals surface area contributed by atoms with Crippen LogP contribution in [0.1, 0.15) is 5.56 Å². The summed E-state index contributed by atoms with van der Waals surface area (Å²) in [6.45, 7) is 1.92. The Morgan fingerprint density at radius 1 is 0.875 bits per heavy atom. The molecule has 0 radical (unpaired) electrons. The summed E-state index contributed by atoms with van der Waals surface area (Å²) in [7, 11) is -1.18. The molecule has 2 heterocycles. The number of halogens is 1. The molecule has 3 nitrogen and oxygen atoms in total. The van der Waals surface area contributed by atoms with Crippen LogP contribution in [0.5, 0.6) is 0 Å². The van der Waals surface area contributed by atoms with Crippen LogP contribution >= 0.6 is 13.3 Å². The molecular weight excluding hydrogens is 455 g/mol. The van der Waals surface area contributed by atoms with E-state index in [0.29, 0.717) is 0 Å². The van der Waals surface area contributed by atoms with Crippen LogP contribution in [-0.2, 0) is 18.2 Å². The molecule has 0 aromatic heterocycles. The zero-order valence-electron chi connectivity index (χ0n) is 18.1. The topological polar surface area (TPSA) is 27.3 Å². The van der Waals surface area contributed by atoms with E-state index in [-0.39, 0.29) is 5.82 Å². The van der Waals surface area contributed by atoms with Gasteiger partial charge in [-0.05, 0) is 39.7 Å². The molecule has 0 unspecified atom stereocenters. The van der Waals surface area contributed by atoms with E-state index >= 15 is 0 Å². The summed E-state index contributed by atoms with van der Waals surface area (Å²) >= 11 is 6.55. The lowest BCUT2D eigenvalue weighted by molar-refractivity contribution is 0.254. The fourth-order valence-corrected chi connectivity index (χ4v) is 12.8. The number of rotatable bonds is 6. The molecule has 0 atom stereocenters. The Hall–Kier alpha value is -1.45. The second kappa shape index (κ2) is 9.43. The van der Waals surface area contributed by atoms with Crippen LogP contribution in [0.4, 0.5) is 4.39 Å². The molecule has 2 aliphatic heterocycles. The van der Waals surface area contributed by atoms with Gasteiger partial charge in [-0.15, -0.1) is 0 Å². The lowest BCUT2D eigenvalue weighted by atomic mass is 10.2. The standard InChI is InChI=1S/C25H29FN3P2S/c26-22-11-12-25(21(15-22)13-14-30-18-27-16-29(20-30)17-28-19-30)31(32,23-7-3-1-4-8-23)24-9-5-2-6-10-24/h1-12,15,27-28H,13-14,16-20H2/q+1. The second-order valence-electron chi connectivity index (χ2n) is 8.81. The van der Waals surface area contributed by atoms with E-state index in [0.717, 1.165) is 60.0 Å². The van der Waals surface area contributed by atoms with Crippen molar-refractivity contribution < 1.29 is 4.39 Å². The van der Waals surface area contributed by atoms with E-state index in [1.165, 1.54) is 6.29 Å². The molecule has 32 heavy (non-hydrogen) atoms. The zero-order valence-corrected chi connectivity index (χ0v) is 20.7. The molecule has 3 aromatic carbocycles. The van der Waals surface area contributed by atoms with Crippen LogP contribution < -0.4 is 26.5 Å². The van der Waals surface area contributed by atoms with Gasteiger partial charge in [0, 0.05) is 12.5 Å². The zero-order chi connectivity index (χ0) is 22.0. The minimum absolute atomic E-state index is 0.174. The maximum Gasteiger partial charge on any atom is 0.123 e. The number of benzene rings is 3. The van der Waals surface area contributed by atoms with Crippen LogP contribution in [0.3, 0.4) is 0 Å². The molecule has 2 aliphatic rings. The number of nitrogens with one attached hydrogen (secondary N) is 2. The predicted octanol–water partition coefficient (Wildman–Crippen LogP) is 3.44. The molecule has 0 aliphatic carbocycles. The highest BCUT2D eigenvalue weighted by Gasteiger charge is 2.44. The van der Waals surface area contributed by atoms with Crippen LogP contribution in [-0.4, -0.2) is 43.3 Å². The van der Waals surface area contributed by atoms with Crippen molar-refractivity contribution in [1.82, 2.24) is 15.5 Å². The molecule has 2 bridgehead atoms. The number of aryl methyl sites for hydroxylation is 1. The molecule has 0 saturated carbocycles. The SMILES string of the molecule is Fc1ccc(P(=S)(c2ccccc2)c2ccccc2)c(CC[P+]23CNCN(CNC2)C3)c1. The highest BCUT2D eigenvalue weighted by atomic mass is 32.4. The number of hydrogen-bond acceptors (Lipinski definition) is 4. The van der Waals surface area contributed by atoms with Crippen molar-refractivity contribution in [3.63, 3.8) is 0 Å². The first-order chi connectivity index (χ1) is 15.6. The molecule has 0 spiro atoms. The van der Waals surface area contributed by atoms with Gasteiger partial charge in [-0.1, -0.05) is 72.5 Å². The van der Waals surface area contributed by atoms with Crippen LogP contribution in [0.2, 0.25) is 0 Å². The molecule has 2 N–H and O–H groups in total. The lowest BCUT2D eigenvalue weighted by Gasteiger charge is -2.42. The molecule has 3 aromatic rings. The second-order valence-corrected chi connectivity index (χ2v) is 17.2. The van der Waals surface area contributed by atoms with Gasteiger partial charge in [0.15, 0.2) is 0 Å². The average Bonchev–Trinajstić information content (AvgIpc) is 2.84. The van der Waals surface area contributed by atoms with Crippen LogP contribution in [0.25, 0.3) is 0 Å². The van der Waals surface area contributed by atoms with Gasteiger partial charge >= 0.3 is 0 Å². The molecular formula is C25H29FN3P2S+. The van der Waals surface area contributed by atoms with Crippen molar-refractivity contribution in [2.45, 2.75) is 6.42 Å². The van der Waals surface area contributed by atoms with Gasteiger partial charge < -0.3 is 0 Å². The van der Waals surface area contributed by atoms with Crippen molar-refractivity contribution in [2.24, 2.45) is 0 Å². The molecule has 2 fully saturated rings. The fraction of sp³-hybridized carbons (Fsp3) is 0.280. The fourth-order valence-electron chi connectivity index (χ4n) is 4.98. The Bertz CT molecular complexity index is 1070. The van der Waals surface area contributed by atoms with Gasteiger partial charge in [-0.3, -0.25) is 10.6 Å². The first-order valence-corrected chi connectivity index (χ1v) is 16.4. The van der Waals surface area contributed by atoms with Crippen LogP contribution in [0, 0.1) is 5.82 Å². The van der Waals surface area contributed by atoms with Crippen molar-refractivity contribution >= 4 is 41.0 Å². The molecule has 166 valence electrons. The molecule has 0 amide bonds. The number of hydrogen-bond donors (Lipinski definition) is 2. The largest absolute Gasteiger partial charge is 0.272 e. The molecule has 2 saturated heterocycles. The summed E-state index contributed by atoms with van der Waals surface area (Å²) in [4.78, 5) is 2.46. The highest BCUT2D eigenvalue weighted by Crippen LogP contribution is 2.60. The monoisotopic (exact) mass is 484 g/mol. The van der Waals surface area contributed by atoms with E-state index in [1.807, 2.05) is 18.2 Å². The lowest BCUT2D eigenvalue weighted by Crippen LogP contribution is -2.53. The van der Waals surface area contributed by atoms with Gasteiger partial charge in [0.1, 0.15) is 24.7 Å². The number of fused-ring (bicyclic) bond motifs is 2. The van der Waals surface area contributed by atoms with E-state index in [2.05, 4.69) is 64.1 Å². The Balaban J connectivity index is 1.56. The Kier molecular flexibility index (Phi) is 6.58. The van der Waals surface area contributed by atoms with Crippen molar-refractivity contribution in [1.29, 1.82) is 0 Å². The van der Waals surface area contributed by atoms with Crippen molar-refractivity contribution in [3.05, 3.63) is 90.2 Å². The molecule has 7 heteroatoms. The summed E-state index contributed by atoms with van der Waals surface area (Å²) < 4.78 is 14.5. The van der Waals surface area contributed by atoms with Crippen LogP contribution in [0.15, 0.2) is 78.9 Å². The summed E-state index contributed by atoms with van der Waals surface area (Å²) in [5.74, 6) is -0.174. The minimum Gasteiger partial charge on any atom is -0.272 e. The summed E-state index contributed by atoms with van der Waals surface area (Å²) in [5.41, 5.74) is 1.08. The third kappa shape index (κ3) is 4.35. The van der Waals surface area contributed by atoms with E-state index < -0.39 is 13.3 Å². The van der Waals surface area contributed by atoms with Gasteiger partial charge in [-0.2, -0.15) is 0 Å².